The zero-order valence-electron chi connectivity index (χ0n) is 14.3. The van der Waals surface area contributed by atoms with Crippen molar-refractivity contribution in [1.82, 2.24) is 15.5 Å². The van der Waals surface area contributed by atoms with E-state index in [1.165, 1.54) is 6.20 Å². The van der Waals surface area contributed by atoms with Crippen LogP contribution in [0.15, 0.2) is 21.2 Å². The third-order valence-corrected chi connectivity index (χ3v) is 3.01. The summed E-state index contributed by atoms with van der Waals surface area (Å²) < 4.78 is 15.6. The number of nitrogens with zero attached hydrogens (tertiary/aromatic N) is 2. The zero-order chi connectivity index (χ0) is 17.7. The number of oxazole rings is 1. The third kappa shape index (κ3) is 5.38. The highest BCUT2D eigenvalue weighted by molar-refractivity contribution is 5.67. The first-order valence-electron chi connectivity index (χ1n) is 7.79. The first-order valence-corrected chi connectivity index (χ1v) is 7.79. The molecule has 2 aromatic heterocycles. The lowest BCUT2D eigenvalue weighted by molar-refractivity contribution is 0.0522. The molecule has 2 aromatic rings. The van der Waals surface area contributed by atoms with E-state index in [1.54, 1.807) is 33.8 Å². The number of aliphatic hydroxyl groups is 1. The molecule has 0 aliphatic rings. The van der Waals surface area contributed by atoms with Gasteiger partial charge in [-0.2, -0.15) is 0 Å². The van der Waals surface area contributed by atoms with Crippen LogP contribution >= 0.6 is 0 Å². The van der Waals surface area contributed by atoms with E-state index in [2.05, 4.69) is 15.5 Å². The normalized spacial score (nSPS) is 12.9. The monoisotopic (exact) mass is 337 g/mol. The zero-order valence-corrected chi connectivity index (χ0v) is 14.3. The number of hydrogen-bond donors (Lipinski definition) is 2. The number of aliphatic hydroxyl groups excluding tert-OH is 1. The van der Waals surface area contributed by atoms with E-state index in [1.807, 2.05) is 0 Å². The molecule has 0 radical (unpaired) electrons. The van der Waals surface area contributed by atoms with Crippen molar-refractivity contribution in [2.24, 2.45) is 0 Å². The maximum absolute atomic E-state index is 11.5. The number of aromatic nitrogens is 2. The summed E-state index contributed by atoms with van der Waals surface area (Å²) in [4.78, 5) is 15.5. The van der Waals surface area contributed by atoms with Gasteiger partial charge in [-0.25, -0.2) is 9.78 Å². The van der Waals surface area contributed by atoms with E-state index in [0.717, 1.165) is 0 Å². The molecule has 0 saturated heterocycles. The average molecular weight is 337 g/mol. The van der Waals surface area contributed by atoms with Crippen LogP contribution < -0.4 is 5.32 Å². The maximum Gasteiger partial charge on any atom is 0.407 e. The highest BCUT2D eigenvalue weighted by Gasteiger charge is 2.18. The van der Waals surface area contributed by atoms with Gasteiger partial charge in [-0.3, -0.25) is 0 Å². The van der Waals surface area contributed by atoms with Crippen LogP contribution in [0.3, 0.4) is 0 Å². The van der Waals surface area contributed by atoms with E-state index in [-0.39, 0.29) is 5.89 Å². The van der Waals surface area contributed by atoms with Gasteiger partial charge in [0.1, 0.15) is 17.5 Å². The summed E-state index contributed by atoms with van der Waals surface area (Å²) in [6, 6.07) is 1.72. The smallest absolute Gasteiger partial charge is 0.407 e. The van der Waals surface area contributed by atoms with Gasteiger partial charge in [-0.05, 0) is 40.5 Å². The molecule has 132 valence electrons. The fourth-order valence-corrected chi connectivity index (χ4v) is 1.97. The Morgan fingerprint density at radius 1 is 1.46 bits per heavy atom. The van der Waals surface area contributed by atoms with Crippen molar-refractivity contribution < 1.29 is 23.6 Å². The van der Waals surface area contributed by atoms with Crippen LogP contribution in [-0.4, -0.2) is 33.5 Å². The lowest BCUT2D eigenvalue weighted by atomic mass is 10.2. The molecule has 1 amide bonds. The number of carbonyl (C=O) groups excluding carboxylic acids is 1. The van der Waals surface area contributed by atoms with Gasteiger partial charge in [0.15, 0.2) is 11.5 Å². The predicted molar refractivity (Wildman–Crippen MR) is 85.2 cm³/mol. The summed E-state index contributed by atoms with van der Waals surface area (Å²) in [6.07, 6.45) is 1.12. The highest BCUT2D eigenvalue weighted by atomic mass is 16.6. The molecule has 8 nitrogen and oxygen atoms in total. The Hall–Kier alpha value is -2.35. The van der Waals surface area contributed by atoms with Crippen LogP contribution in [0.25, 0.3) is 11.5 Å². The largest absolute Gasteiger partial charge is 0.444 e. The van der Waals surface area contributed by atoms with Crippen molar-refractivity contribution >= 4 is 6.09 Å². The van der Waals surface area contributed by atoms with Gasteiger partial charge in [0.05, 0.1) is 6.20 Å². The van der Waals surface area contributed by atoms with Gasteiger partial charge in [0, 0.05) is 12.6 Å². The second kappa shape index (κ2) is 7.48. The number of hydrogen-bond acceptors (Lipinski definition) is 7. The Labute approximate surface area is 140 Å². The second-order valence-electron chi connectivity index (χ2n) is 6.47. The molecule has 2 heterocycles. The van der Waals surface area contributed by atoms with Crippen molar-refractivity contribution in [1.29, 1.82) is 0 Å². The lowest BCUT2D eigenvalue weighted by Crippen LogP contribution is -2.33. The van der Waals surface area contributed by atoms with Crippen molar-refractivity contribution in [3.63, 3.8) is 0 Å². The summed E-state index contributed by atoms with van der Waals surface area (Å²) in [5, 5.41) is 16.6. The van der Waals surface area contributed by atoms with Gasteiger partial charge in [0.2, 0.25) is 5.89 Å². The second-order valence-corrected chi connectivity index (χ2v) is 6.47. The van der Waals surface area contributed by atoms with Crippen LogP contribution in [0.2, 0.25) is 0 Å². The number of alkyl carbamates (subject to hydrolysis) is 1. The van der Waals surface area contributed by atoms with E-state index in [0.29, 0.717) is 36.6 Å². The molecule has 0 fully saturated rings. The number of aryl methyl sites for hydroxylation is 1. The minimum Gasteiger partial charge on any atom is -0.444 e. The van der Waals surface area contributed by atoms with Crippen LogP contribution in [0, 0.1) is 6.92 Å². The molecular formula is C16H23N3O5. The molecule has 24 heavy (non-hydrogen) atoms. The Bertz CT molecular complexity index is 671. The molecule has 0 spiro atoms. The van der Waals surface area contributed by atoms with E-state index >= 15 is 0 Å². The quantitative estimate of drug-likeness (QED) is 0.779. The number of carbonyl (C=O) groups is 1. The summed E-state index contributed by atoms with van der Waals surface area (Å²) in [7, 11) is 0. The lowest BCUT2D eigenvalue weighted by Gasteiger charge is -2.19. The van der Waals surface area contributed by atoms with E-state index < -0.39 is 17.8 Å². The fraction of sp³-hybridized carbons (Fsp3) is 0.562. The molecule has 1 atom stereocenters. The Kier molecular flexibility index (Phi) is 5.61. The SMILES string of the molecule is Cc1cc(-c2cnc([C@@H](O)CCCNC(=O)OC(C)(C)C)o2)no1. The Balaban J connectivity index is 1.76. The Morgan fingerprint density at radius 2 is 2.21 bits per heavy atom. The van der Waals surface area contributed by atoms with Crippen molar-refractivity contribution in [3.05, 3.63) is 23.9 Å². The van der Waals surface area contributed by atoms with Gasteiger partial charge >= 0.3 is 6.09 Å². The summed E-state index contributed by atoms with van der Waals surface area (Å²) in [5.74, 6) is 1.31. The van der Waals surface area contributed by atoms with Crippen LogP contribution in [-0.2, 0) is 4.74 Å². The van der Waals surface area contributed by atoms with Gasteiger partial charge in [-0.1, -0.05) is 5.16 Å². The molecule has 2 rings (SSSR count). The van der Waals surface area contributed by atoms with E-state index in [9.17, 15) is 9.90 Å². The molecule has 2 N–H and O–H groups in total. The first-order chi connectivity index (χ1) is 11.2. The first kappa shape index (κ1) is 18.0. The standard InChI is InChI=1S/C16H23N3O5/c1-10-8-11(19-24-10)13-9-18-14(22-13)12(20)6-5-7-17-15(21)23-16(2,3)4/h8-9,12,20H,5-7H2,1-4H3,(H,17,21)/t12-/m0/s1. The molecule has 0 aliphatic carbocycles. The fourth-order valence-electron chi connectivity index (χ4n) is 1.97. The molecule has 8 heteroatoms. The molecule has 0 bridgehead atoms. The van der Waals surface area contributed by atoms with Crippen LogP contribution in [0.4, 0.5) is 4.79 Å². The highest BCUT2D eigenvalue weighted by Crippen LogP contribution is 2.24. The van der Waals surface area contributed by atoms with Crippen molar-refractivity contribution in [3.8, 4) is 11.5 Å². The summed E-state index contributed by atoms with van der Waals surface area (Å²) >= 11 is 0. The Morgan fingerprint density at radius 3 is 2.83 bits per heavy atom. The topological polar surface area (TPSA) is 111 Å². The maximum atomic E-state index is 11.5. The third-order valence-electron chi connectivity index (χ3n) is 3.01. The molecule has 0 aliphatic heterocycles. The predicted octanol–water partition coefficient (Wildman–Crippen LogP) is 2.98. The minimum atomic E-state index is -0.854. The van der Waals surface area contributed by atoms with Crippen molar-refractivity contribution in [2.75, 3.05) is 6.54 Å². The van der Waals surface area contributed by atoms with Gasteiger partial charge in [0.25, 0.3) is 0 Å². The molecule has 0 unspecified atom stereocenters. The number of ether oxygens (including phenoxy) is 1. The van der Waals surface area contributed by atoms with Gasteiger partial charge < -0.3 is 24.1 Å². The molecule has 0 aromatic carbocycles. The number of rotatable bonds is 6. The van der Waals surface area contributed by atoms with E-state index in [4.69, 9.17) is 13.7 Å². The van der Waals surface area contributed by atoms with Crippen molar-refractivity contribution in [2.45, 2.75) is 52.2 Å². The van der Waals surface area contributed by atoms with Crippen LogP contribution in [0.1, 0.15) is 51.4 Å². The van der Waals surface area contributed by atoms with Gasteiger partial charge in [-0.15, -0.1) is 0 Å². The summed E-state index contributed by atoms with van der Waals surface area (Å²) in [6.45, 7) is 7.56. The number of amides is 1. The molecule has 0 saturated carbocycles. The molecular weight excluding hydrogens is 314 g/mol. The number of nitrogens with one attached hydrogen (secondary N) is 1. The minimum absolute atomic E-state index is 0.211. The average Bonchev–Trinajstić information content (AvgIpc) is 3.10. The summed E-state index contributed by atoms with van der Waals surface area (Å²) in [5.41, 5.74) is 0.00225. The van der Waals surface area contributed by atoms with Crippen LogP contribution in [0.5, 0.6) is 0 Å².